The molecule has 0 bridgehead atoms. The van der Waals surface area contributed by atoms with E-state index in [0.717, 1.165) is 43.3 Å². The van der Waals surface area contributed by atoms with E-state index in [1.165, 1.54) is 5.56 Å². The van der Waals surface area contributed by atoms with Crippen LogP contribution in [0.3, 0.4) is 0 Å². The molecule has 49 heavy (non-hydrogen) atoms. The Labute approximate surface area is 287 Å². The number of fused-ring (bicyclic) bond motifs is 1. The van der Waals surface area contributed by atoms with Crippen LogP contribution >= 0.6 is 11.3 Å². The summed E-state index contributed by atoms with van der Waals surface area (Å²) in [5, 5.41) is 13.3. The molecular formula is C39H36N4O5S. The van der Waals surface area contributed by atoms with Crippen LogP contribution in [-0.2, 0) is 34.5 Å². The van der Waals surface area contributed by atoms with Crippen LogP contribution < -0.4 is 10.9 Å². The maximum Gasteiger partial charge on any atom is 0.290 e. The molecule has 2 atom stereocenters. The summed E-state index contributed by atoms with van der Waals surface area (Å²) in [5.74, 6) is -0.799. The number of aliphatic hydroxyl groups excluding tert-OH is 1. The molecule has 0 saturated carbocycles. The number of rotatable bonds is 9. The Kier molecular flexibility index (Phi) is 9.01. The molecule has 10 heteroatoms. The first kappa shape index (κ1) is 32.3. The minimum absolute atomic E-state index is 0.0425. The number of carbonyl (C=O) groups is 1. The number of para-hydroxylation sites is 1. The third kappa shape index (κ3) is 6.71. The van der Waals surface area contributed by atoms with Gasteiger partial charge in [-0.2, -0.15) is 0 Å². The molecule has 1 amide bonds. The minimum atomic E-state index is -0.789. The smallest absolute Gasteiger partial charge is 0.290 e. The Hall–Kier alpha value is -5.29. The highest BCUT2D eigenvalue weighted by Gasteiger charge is 2.33. The van der Waals surface area contributed by atoms with Crippen molar-refractivity contribution in [3.05, 3.63) is 147 Å². The number of hydrogen-bond donors (Lipinski definition) is 2. The lowest BCUT2D eigenvalue weighted by molar-refractivity contribution is -0.147. The summed E-state index contributed by atoms with van der Waals surface area (Å²) in [6.07, 6.45) is 1.28. The summed E-state index contributed by atoms with van der Waals surface area (Å²) in [5.41, 5.74) is 7.36. The number of nitrogens with zero attached hydrogens (tertiary/aromatic N) is 3. The number of allylic oxidation sites excluding steroid dienone is 1. The molecule has 2 aromatic heterocycles. The van der Waals surface area contributed by atoms with Crippen LogP contribution in [0.5, 0.6) is 0 Å². The lowest BCUT2D eigenvalue weighted by Crippen LogP contribution is -2.31. The van der Waals surface area contributed by atoms with Crippen molar-refractivity contribution < 1.29 is 19.4 Å². The molecular weight excluding hydrogens is 637 g/mol. The first-order valence-corrected chi connectivity index (χ1v) is 16.9. The van der Waals surface area contributed by atoms with E-state index in [2.05, 4.69) is 24.4 Å². The Bertz CT molecular complexity index is 2220. The number of benzene rings is 4. The lowest BCUT2D eigenvalue weighted by Gasteiger charge is -2.29. The summed E-state index contributed by atoms with van der Waals surface area (Å²) in [4.78, 5) is 32.4. The molecule has 9 nitrogen and oxygen atoms in total. The van der Waals surface area contributed by atoms with Gasteiger partial charge in [-0.15, -0.1) is 11.3 Å². The van der Waals surface area contributed by atoms with E-state index in [0.29, 0.717) is 17.7 Å². The van der Waals surface area contributed by atoms with Crippen molar-refractivity contribution in [2.24, 2.45) is 7.05 Å². The largest absolute Gasteiger partial charge is 0.459 e. The van der Waals surface area contributed by atoms with Crippen LogP contribution in [-0.4, -0.2) is 31.7 Å². The predicted octanol–water partition coefficient (Wildman–Crippen LogP) is 7.13. The average Bonchev–Trinajstić information content (AvgIpc) is 3.64. The molecule has 2 N–H and O–H groups in total. The van der Waals surface area contributed by atoms with Crippen molar-refractivity contribution >= 4 is 33.1 Å². The zero-order valence-corrected chi connectivity index (χ0v) is 28.2. The molecule has 1 aliphatic heterocycles. The molecule has 3 heterocycles. The fourth-order valence-corrected chi connectivity index (χ4v) is 7.18. The number of aromatic nitrogens is 3. The molecule has 0 spiro atoms. The first-order valence-electron chi connectivity index (χ1n) is 16.1. The predicted molar refractivity (Wildman–Crippen MR) is 192 cm³/mol. The van der Waals surface area contributed by atoms with Crippen molar-refractivity contribution in [3.63, 3.8) is 0 Å². The minimum Gasteiger partial charge on any atom is -0.459 e. The number of thiazole rings is 1. The van der Waals surface area contributed by atoms with Gasteiger partial charge in [0, 0.05) is 41.9 Å². The molecule has 6 aromatic rings. The quantitative estimate of drug-likeness (QED) is 0.169. The number of amides is 1. The summed E-state index contributed by atoms with van der Waals surface area (Å²) < 4.78 is 16.9. The van der Waals surface area contributed by atoms with Gasteiger partial charge in [0.05, 0.1) is 29.1 Å². The van der Waals surface area contributed by atoms with E-state index in [-0.39, 0.29) is 24.5 Å². The normalized spacial score (nSPS) is 16.0. The monoisotopic (exact) mass is 672 g/mol. The number of ether oxygens (including phenoxy) is 2. The molecule has 248 valence electrons. The lowest BCUT2D eigenvalue weighted by atomic mass is 9.93. The van der Waals surface area contributed by atoms with E-state index in [4.69, 9.17) is 14.5 Å². The van der Waals surface area contributed by atoms with Gasteiger partial charge in [-0.3, -0.25) is 14.3 Å². The molecule has 1 aliphatic rings. The van der Waals surface area contributed by atoms with Gasteiger partial charge in [0.2, 0.25) is 6.29 Å². The van der Waals surface area contributed by atoms with Gasteiger partial charge < -0.3 is 19.9 Å². The van der Waals surface area contributed by atoms with E-state index >= 15 is 0 Å². The van der Waals surface area contributed by atoms with Crippen LogP contribution in [0.4, 0.5) is 5.69 Å². The van der Waals surface area contributed by atoms with Gasteiger partial charge >= 0.3 is 0 Å². The molecule has 0 radical (unpaired) electrons. The van der Waals surface area contributed by atoms with E-state index < -0.39 is 18.1 Å². The number of anilines is 1. The fraction of sp³-hybridized carbons (Fsp3) is 0.205. The van der Waals surface area contributed by atoms with Crippen LogP contribution in [0, 0.1) is 13.8 Å². The summed E-state index contributed by atoms with van der Waals surface area (Å²) in [6, 6.07) is 30.7. The number of carbonyl (C=O) groups excluding carboxylic acids is 1. The molecule has 0 unspecified atom stereocenters. The van der Waals surface area contributed by atoms with Crippen molar-refractivity contribution in [2.45, 2.75) is 45.7 Å². The Morgan fingerprint density at radius 2 is 1.73 bits per heavy atom. The fourth-order valence-electron chi connectivity index (χ4n) is 6.11. The third-order valence-corrected chi connectivity index (χ3v) is 9.89. The topological polar surface area (TPSA) is 108 Å². The zero-order valence-electron chi connectivity index (χ0n) is 27.4. The van der Waals surface area contributed by atoms with Gasteiger partial charge in [0.15, 0.2) is 5.76 Å². The van der Waals surface area contributed by atoms with E-state index in [9.17, 15) is 14.7 Å². The maximum absolute atomic E-state index is 14.0. The second-order valence-electron chi connectivity index (χ2n) is 12.2. The van der Waals surface area contributed by atoms with Crippen LogP contribution in [0.15, 0.2) is 114 Å². The van der Waals surface area contributed by atoms with Crippen molar-refractivity contribution in [2.75, 3.05) is 5.32 Å². The molecule has 0 fully saturated rings. The zero-order chi connectivity index (χ0) is 34.1. The van der Waals surface area contributed by atoms with Gasteiger partial charge in [-0.1, -0.05) is 48.5 Å². The van der Waals surface area contributed by atoms with Crippen molar-refractivity contribution in [3.8, 4) is 16.3 Å². The highest BCUT2D eigenvalue weighted by molar-refractivity contribution is 7.21. The highest BCUT2D eigenvalue weighted by atomic mass is 32.1. The third-order valence-electron chi connectivity index (χ3n) is 8.83. The highest BCUT2D eigenvalue weighted by Crippen LogP contribution is 2.34. The second kappa shape index (κ2) is 13.7. The first-order chi connectivity index (χ1) is 23.8. The Morgan fingerprint density at radius 1 is 1.00 bits per heavy atom. The van der Waals surface area contributed by atoms with Gasteiger partial charge in [-0.25, -0.2) is 9.67 Å². The van der Waals surface area contributed by atoms with Crippen molar-refractivity contribution in [1.29, 1.82) is 0 Å². The second-order valence-corrected chi connectivity index (χ2v) is 13.2. The molecule has 4 aromatic carbocycles. The molecule has 0 saturated heterocycles. The summed E-state index contributed by atoms with van der Waals surface area (Å²) in [7, 11) is 1.85. The molecule has 0 aliphatic carbocycles. The number of aliphatic hydroxyl groups is 1. The number of hydrogen-bond acceptors (Lipinski definition) is 7. The average molecular weight is 673 g/mol. The maximum atomic E-state index is 14.0. The van der Waals surface area contributed by atoms with E-state index in [1.54, 1.807) is 22.1 Å². The Balaban J connectivity index is 1.15. The van der Waals surface area contributed by atoms with Gasteiger partial charge in [0.1, 0.15) is 5.01 Å². The number of nitrogens with one attached hydrogen (secondary N) is 1. The van der Waals surface area contributed by atoms with Gasteiger partial charge in [0.25, 0.3) is 11.5 Å². The summed E-state index contributed by atoms with van der Waals surface area (Å²) in [6.45, 7) is 4.16. The Morgan fingerprint density at radius 3 is 2.47 bits per heavy atom. The van der Waals surface area contributed by atoms with Crippen LogP contribution in [0.1, 0.15) is 40.3 Å². The van der Waals surface area contributed by atoms with Gasteiger partial charge in [-0.05, 0) is 85.1 Å². The summed E-state index contributed by atoms with van der Waals surface area (Å²) >= 11 is 1.63. The molecule has 7 rings (SSSR count). The number of aryl methyl sites for hydroxylation is 1. The van der Waals surface area contributed by atoms with Crippen LogP contribution in [0.25, 0.3) is 26.5 Å². The SMILES string of the molecule is Cc1ccc2nc(-c3ccc(NC(=O)C4=C[C@H](c5c(C)n(C)n(-c6ccccc6)c5=O)C[C@H](OCc5ccc(CO)cc5)O4)cc3)sc2c1. The standard InChI is InChI=1S/C39H36N4O5S/c1-24-9-18-32-34(19-24)49-38(41-32)28-14-16-30(17-15-28)40-37(45)33-20-29(21-35(48-33)47-23-27-12-10-26(22-44)11-13-27)36-25(2)42(3)43(39(36)46)31-7-5-4-6-8-31/h4-20,29,35,44H,21-23H2,1-3H3,(H,40,45)/t29-,35+/m0/s1. The van der Waals surface area contributed by atoms with Crippen molar-refractivity contribution in [1.82, 2.24) is 14.3 Å². The van der Waals surface area contributed by atoms with Crippen LogP contribution in [0.2, 0.25) is 0 Å². The van der Waals surface area contributed by atoms with E-state index in [1.807, 2.05) is 104 Å².